The number of ketones is 1. The number of carbonyl (C=O) groups is 2. The quantitative estimate of drug-likeness (QED) is 0.648. The number of benzene rings is 2. The molecule has 1 heterocycles. The zero-order valence-corrected chi connectivity index (χ0v) is 17.8. The van der Waals surface area contributed by atoms with Crippen LogP contribution in [0.25, 0.3) is 0 Å². The molecule has 1 aliphatic heterocycles. The maximum Gasteiger partial charge on any atom is 0.262 e. The molecule has 1 aliphatic rings. The average molecular weight is 453 g/mol. The van der Waals surface area contributed by atoms with Gasteiger partial charge >= 0.3 is 0 Å². The van der Waals surface area contributed by atoms with Gasteiger partial charge in [-0.15, -0.1) is 0 Å². The predicted molar refractivity (Wildman–Crippen MR) is 112 cm³/mol. The molecular formula is C20H21ClN2O6S. The number of anilines is 1. The van der Waals surface area contributed by atoms with Gasteiger partial charge in [-0.2, -0.15) is 4.31 Å². The predicted octanol–water partition coefficient (Wildman–Crippen LogP) is 2.58. The summed E-state index contributed by atoms with van der Waals surface area (Å²) in [5.41, 5.74) is 0.902. The Labute approximate surface area is 179 Å². The number of nitrogens with zero attached hydrogens (tertiary/aromatic N) is 1. The summed E-state index contributed by atoms with van der Waals surface area (Å²) in [5, 5.41) is 2.86. The highest BCUT2D eigenvalue weighted by Crippen LogP contribution is 2.30. The molecule has 1 N–H and O–H groups in total. The molecule has 0 unspecified atom stereocenters. The topological polar surface area (TPSA) is 102 Å². The summed E-state index contributed by atoms with van der Waals surface area (Å²) in [5.74, 6) is -0.597. The Morgan fingerprint density at radius 2 is 1.90 bits per heavy atom. The summed E-state index contributed by atoms with van der Waals surface area (Å²) in [4.78, 5) is 23.6. The second-order valence-electron chi connectivity index (χ2n) is 6.58. The van der Waals surface area contributed by atoms with Crippen LogP contribution >= 0.6 is 11.6 Å². The van der Waals surface area contributed by atoms with Crippen molar-refractivity contribution in [2.45, 2.75) is 11.8 Å². The van der Waals surface area contributed by atoms with Crippen molar-refractivity contribution < 1.29 is 27.5 Å². The number of sulfonamides is 1. The third-order valence-electron chi connectivity index (χ3n) is 4.41. The molecule has 0 aliphatic carbocycles. The van der Waals surface area contributed by atoms with Crippen LogP contribution in [0.4, 0.5) is 5.69 Å². The van der Waals surface area contributed by atoms with Crippen molar-refractivity contribution in [3.63, 3.8) is 0 Å². The van der Waals surface area contributed by atoms with Crippen LogP contribution in [-0.2, 0) is 19.6 Å². The molecule has 8 nitrogen and oxygen atoms in total. The van der Waals surface area contributed by atoms with Gasteiger partial charge in [0.05, 0.1) is 13.2 Å². The lowest BCUT2D eigenvalue weighted by Crippen LogP contribution is -2.40. The van der Waals surface area contributed by atoms with Gasteiger partial charge in [0, 0.05) is 29.4 Å². The Morgan fingerprint density at radius 1 is 1.17 bits per heavy atom. The summed E-state index contributed by atoms with van der Waals surface area (Å²) in [6.45, 7) is 2.07. The maximum absolute atomic E-state index is 13.0. The van der Waals surface area contributed by atoms with E-state index in [0.717, 1.165) is 0 Å². The Kier molecular flexibility index (Phi) is 7.09. The van der Waals surface area contributed by atoms with Crippen LogP contribution in [0.2, 0.25) is 5.02 Å². The van der Waals surface area contributed by atoms with Crippen LogP contribution in [0.15, 0.2) is 47.4 Å². The monoisotopic (exact) mass is 452 g/mol. The first-order chi connectivity index (χ1) is 14.3. The molecule has 0 aromatic heterocycles. The molecule has 160 valence electrons. The molecule has 0 saturated carbocycles. The van der Waals surface area contributed by atoms with E-state index in [1.807, 2.05) is 0 Å². The van der Waals surface area contributed by atoms with Crippen LogP contribution in [0.5, 0.6) is 5.75 Å². The first kappa shape index (κ1) is 22.2. The number of morpholine rings is 1. The van der Waals surface area contributed by atoms with E-state index >= 15 is 0 Å². The summed E-state index contributed by atoms with van der Waals surface area (Å²) in [6.07, 6.45) is 0. The van der Waals surface area contributed by atoms with Gasteiger partial charge in [0.1, 0.15) is 10.6 Å². The molecular weight excluding hydrogens is 432 g/mol. The minimum atomic E-state index is -3.86. The SMILES string of the molecule is CC(=O)c1cccc(NC(=O)COc2ccc(Cl)cc2S(=O)(=O)N2CCOCC2)c1. The zero-order chi connectivity index (χ0) is 21.7. The van der Waals surface area contributed by atoms with E-state index in [1.165, 1.54) is 29.4 Å². The fourth-order valence-electron chi connectivity index (χ4n) is 2.89. The van der Waals surface area contributed by atoms with Crippen LogP contribution in [0, 0.1) is 0 Å². The van der Waals surface area contributed by atoms with Crippen molar-refractivity contribution in [1.29, 1.82) is 0 Å². The molecule has 1 fully saturated rings. The minimum Gasteiger partial charge on any atom is -0.482 e. The number of amides is 1. The van der Waals surface area contributed by atoms with Gasteiger partial charge < -0.3 is 14.8 Å². The second kappa shape index (κ2) is 9.57. The molecule has 3 rings (SSSR count). The van der Waals surface area contributed by atoms with Crippen molar-refractivity contribution >= 4 is 39.0 Å². The molecule has 1 amide bonds. The third-order valence-corrected chi connectivity index (χ3v) is 6.56. The molecule has 0 atom stereocenters. The van der Waals surface area contributed by atoms with Gasteiger partial charge in [0.15, 0.2) is 12.4 Å². The van der Waals surface area contributed by atoms with Gasteiger partial charge in [-0.05, 0) is 37.3 Å². The Bertz CT molecular complexity index is 1050. The lowest BCUT2D eigenvalue weighted by molar-refractivity contribution is -0.118. The summed E-state index contributed by atoms with van der Waals surface area (Å²) in [7, 11) is -3.86. The Hall–Kier alpha value is -2.46. The van der Waals surface area contributed by atoms with E-state index in [1.54, 1.807) is 24.3 Å². The first-order valence-electron chi connectivity index (χ1n) is 9.18. The van der Waals surface area contributed by atoms with Crippen molar-refractivity contribution in [1.82, 2.24) is 4.31 Å². The van der Waals surface area contributed by atoms with Crippen LogP contribution < -0.4 is 10.1 Å². The molecule has 2 aromatic rings. The number of rotatable bonds is 7. The number of halogens is 1. The summed E-state index contributed by atoms with van der Waals surface area (Å²) in [6, 6.07) is 10.7. The van der Waals surface area contributed by atoms with E-state index in [0.29, 0.717) is 24.5 Å². The number of hydrogen-bond acceptors (Lipinski definition) is 6. The normalized spacial score (nSPS) is 14.9. The van der Waals surface area contributed by atoms with E-state index in [-0.39, 0.29) is 34.5 Å². The van der Waals surface area contributed by atoms with Crippen LogP contribution in [0.1, 0.15) is 17.3 Å². The highest BCUT2D eigenvalue weighted by molar-refractivity contribution is 7.89. The van der Waals surface area contributed by atoms with E-state index in [4.69, 9.17) is 21.1 Å². The summed E-state index contributed by atoms with van der Waals surface area (Å²) >= 11 is 6.00. The van der Waals surface area contributed by atoms with Gasteiger partial charge in [-0.1, -0.05) is 23.7 Å². The molecule has 30 heavy (non-hydrogen) atoms. The molecule has 0 spiro atoms. The van der Waals surface area contributed by atoms with E-state index < -0.39 is 22.5 Å². The van der Waals surface area contributed by atoms with Gasteiger partial charge in [-0.25, -0.2) is 8.42 Å². The van der Waals surface area contributed by atoms with Crippen molar-refractivity contribution in [3.05, 3.63) is 53.1 Å². The van der Waals surface area contributed by atoms with Gasteiger partial charge in [0.25, 0.3) is 5.91 Å². The number of hydrogen-bond donors (Lipinski definition) is 1. The second-order valence-corrected chi connectivity index (χ2v) is 8.92. The minimum absolute atomic E-state index is 0.0264. The lowest BCUT2D eigenvalue weighted by atomic mass is 10.1. The number of ether oxygens (including phenoxy) is 2. The Morgan fingerprint density at radius 3 is 2.60 bits per heavy atom. The van der Waals surface area contributed by atoms with Crippen LogP contribution in [0.3, 0.4) is 0 Å². The van der Waals surface area contributed by atoms with Crippen molar-refractivity contribution in [2.75, 3.05) is 38.2 Å². The molecule has 0 bridgehead atoms. The standard InChI is InChI=1S/C20H21ClN2O6S/c1-14(24)15-3-2-4-17(11-15)22-20(25)13-29-18-6-5-16(21)12-19(18)30(26,27)23-7-9-28-10-8-23/h2-6,11-12H,7-10,13H2,1H3,(H,22,25). The fourth-order valence-corrected chi connectivity index (χ4v) is 4.69. The molecule has 0 radical (unpaired) electrons. The number of Topliss-reactive ketones (excluding diaryl/α,β-unsaturated/α-hetero) is 1. The lowest BCUT2D eigenvalue weighted by Gasteiger charge is -2.26. The maximum atomic E-state index is 13.0. The van der Waals surface area contributed by atoms with E-state index in [2.05, 4.69) is 5.32 Å². The average Bonchev–Trinajstić information content (AvgIpc) is 2.73. The highest BCUT2D eigenvalue weighted by Gasteiger charge is 2.29. The largest absolute Gasteiger partial charge is 0.482 e. The van der Waals surface area contributed by atoms with Crippen molar-refractivity contribution in [2.24, 2.45) is 0 Å². The smallest absolute Gasteiger partial charge is 0.262 e. The molecule has 2 aromatic carbocycles. The van der Waals surface area contributed by atoms with Crippen LogP contribution in [-0.4, -0.2) is 57.3 Å². The fraction of sp³-hybridized carbons (Fsp3) is 0.300. The van der Waals surface area contributed by atoms with Gasteiger partial charge in [0.2, 0.25) is 10.0 Å². The number of carbonyl (C=O) groups excluding carboxylic acids is 2. The van der Waals surface area contributed by atoms with Crippen molar-refractivity contribution in [3.8, 4) is 5.75 Å². The molecule has 1 saturated heterocycles. The highest BCUT2D eigenvalue weighted by atomic mass is 35.5. The van der Waals surface area contributed by atoms with E-state index in [9.17, 15) is 18.0 Å². The third kappa shape index (κ3) is 5.37. The summed E-state index contributed by atoms with van der Waals surface area (Å²) < 4.78 is 38.0. The van der Waals surface area contributed by atoms with Gasteiger partial charge in [-0.3, -0.25) is 9.59 Å². The number of nitrogens with one attached hydrogen (secondary N) is 1. The molecule has 10 heteroatoms. The first-order valence-corrected chi connectivity index (χ1v) is 11.0. The zero-order valence-electron chi connectivity index (χ0n) is 16.3. The Balaban J connectivity index is 1.73.